The van der Waals surface area contributed by atoms with Crippen LogP contribution in [-0.4, -0.2) is 29.9 Å². The first kappa shape index (κ1) is 13.9. The maximum Gasteiger partial charge on any atom is 0.226 e. The molecule has 1 amide bonds. The van der Waals surface area contributed by atoms with Crippen LogP contribution < -0.4 is 5.73 Å². The van der Waals surface area contributed by atoms with E-state index in [1.807, 2.05) is 24.3 Å². The highest BCUT2D eigenvalue weighted by Gasteiger charge is 2.50. The van der Waals surface area contributed by atoms with Gasteiger partial charge in [0.05, 0.1) is 5.41 Å². The predicted molar refractivity (Wildman–Crippen MR) is 80.6 cm³/mol. The molecule has 2 aliphatic rings. The Labute approximate surface area is 125 Å². The van der Waals surface area contributed by atoms with Gasteiger partial charge in [-0.15, -0.1) is 0 Å². The first-order valence-electron chi connectivity index (χ1n) is 7.37. The van der Waals surface area contributed by atoms with Crippen molar-refractivity contribution in [1.29, 1.82) is 0 Å². The zero-order valence-electron chi connectivity index (χ0n) is 11.6. The molecule has 0 atom stereocenters. The molecule has 3 rings (SSSR count). The maximum absolute atomic E-state index is 11.9. The number of hydrogen-bond donors (Lipinski definition) is 1. The predicted octanol–water partition coefficient (Wildman–Crippen LogP) is 2.61. The normalized spacial score (nSPS) is 22.6. The molecule has 2 N–H and O–H groups in total. The first-order chi connectivity index (χ1) is 9.59. The summed E-state index contributed by atoms with van der Waals surface area (Å²) in [4.78, 5) is 14.3. The van der Waals surface area contributed by atoms with Crippen molar-refractivity contribution in [2.75, 3.05) is 13.1 Å². The monoisotopic (exact) mass is 292 g/mol. The van der Waals surface area contributed by atoms with Gasteiger partial charge in [0.1, 0.15) is 0 Å². The molecule has 0 radical (unpaired) electrons. The highest BCUT2D eigenvalue weighted by Crippen LogP contribution is 2.39. The zero-order valence-corrected chi connectivity index (χ0v) is 12.4. The van der Waals surface area contributed by atoms with Crippen LogP contribution in [0.3, 0.4) is 0 Å². The van der Waals surface area contributed by atoms with E-state index < -0.39 is 0 Å². The summed E-state index contributed by atoms with van der Waals surface area (Å²) in [6, 6.07) is 8.40. The Hall–Kier alpha value is -1.06. The fourth-order valence-corrected chi connectivity index (χ4v) is 3.73. The molecule has 0 aromatic heterocycles. The minimum Gasteiger partial charge on any atom is -0.369 e. The molecule has 0 spiro atoms. The lowest BCUT2D eigenvalue weighted by Gasteiger charge is -2.51. The van der Waals surface area contributed by atoms with Gasteiger partial charge in [-0.1, -0.05) is 36.6 Å². The molecule has 108 valence electrons. The third-order valence-electron chi connectivity index (χ3n) is 4.83. The van der Waals surface area contributed by atoms with Crippen LogP contribution >= 0.6 is 11.6 Å². The van der Waals surface area contributed by atoms with Crippen LogP contribution in [0.1, 0.15) is 31.2 Å². The molecule has 0 bridgehead atoms. The van der Waals surface area contributed by atoms with Gasteiger partial charge in [-0.05, 0) is 37.0 Å². The van der Waals surface area contributed by atoms with E-state index in [2.05, 4.69) is 4.90 Å². The van der Waals surface area contributed by atoms with Gasteiger partial charge in [-0.2, -0.15) is 0 Å². The molecule has 1 heterocycles. The van der Waals surface area contributed by atoms with Gasteiger partial charge in [0.15, 0.2) is 0 Å². The lowest BCUT2D eigenvalue weighted by molar-refractivity contribution is -0.140. The zero-order chi connectivity index (χ0) is 14.2. The summed E-state index contributed by atoms with van der Waals surface area (Å²) in [6.07, 6.45) is 5.91. The largest absolute Gasteiger partial charge is 0.369 e. The highest BCUT2D eigenvalue weighted by molar-refractivity contribution is 6.30. The van der Waals surface area contributed by atoms with Gasteiger partial charge in [0.25, 0.3) is 0 Å². The number of carbonyl (C=O) groups excluding carboxylic acids is 1. The van der Waals surface area contributed by atoms with E-state index in [0.717, 1.165) is 30.1 Å². The van der Waals surface area contributed by atoms with Crippen LogP contribution in [0.25, 0.3) is 0 Å². The van der Waals surface area contributed by atoms with E-state index in [1.54, 1.807) is 0 Å². The van der Waals surface area contributed by atoms with Crippen molar-refractivity contribution in [1.82, 2.24) is 4.90 Å². The van der Waals surface area contributed by atoms with E-state index in [4.69, 9.17) is 17.3 Å². The topological polar surface area (TPSA) is 46.3 Å². The van der Waals surface area contributed by atoms with Crippen molar-refractivity contribution in [2.45, 2.75) is 38.1 Å². The number of hydrogen-bond acceptors (Lipinski definition) is 2. The van der Waals surface area contributed by atoms with Crippen LogP contribution in [0, 0.1) is 5.41 Å². The molecule has 1 aromatic rings. The molecule has 1 aliphatic heterocycles. The quantitative estimate of drug-likeness (QED) is 0.927. The maximum atomic E-state index is 11.9. The number of halogens is 1. The van der Waals surface area contributed by atoms with Crippen molar-refractivity contribution in [3.63, 3.8) is 0 Å². The Morgan fingerprint density at radius 1 is 1.25 bits per heavy atom. The van der Waals surface area contributed by atoms with Crippen LogP contribution in [0.15, 0.2) is 24.3 Å². The van der Waals surface area contributed by atoms with Gasteiger partial charge < -0.3 is 5.73 Å². The molecular formula is C16H21ClN2O. The number of nitrogens with zero attached hydrogens (tertiary/aromatic N) is 1. The van der Waals surface area contributed by atoms with E-state index in [9.17, 15) is 4.79 Å². The summed E-state index contributed by atoms with van der Waals surface area (Å²) in [5.41, 5.74) is 6.44. The van der Waals surface area contributed by atoms with Gasteiger partial charge >= 0.3 is 0 Å². The number of primary amides is 1. The second-order valence-corrected chi connectivity index (χ2v) is 6.73. The Morgan fingerprint density at radius 3 is 2.40 bits per heavy atom. The second kappa shape index (κ2) is 5.38. The molecule has 20 heavy (non-hydrogen) atoms. The Balaban J connectivity index is 1.68. The van der Waals surface area contributed by atoms with Crippen LogP contribution in [0.2, 0.25) is 5.02 Å². The first-order valence-corrected chi connectivity index (χ1v) is 7.75. The van der Waals surface area contributed by atoms with E-state index in [-0.39, 0.29) is 11.3 Å². The number of rotatable bonds is 4. The van der Waals surface area contributed by atoms with Gasteiger partial charge in [-0.25, -0.2) is 0 Å². The standard InChI is InChI=1S/C16H21ClN2O/c17-13-7-5-12(6-8-13)9-16(15(18)20)10-19(11-16)14-3-1-2-4-14/h5-8,14H,1-4,9-11H2,(H2,18,20). The SMILES string of the molecule is NC(=O)C1(Cc2ccc(Cl)cc2)CN(C2CCCC2)C1. The Morgan fingerprint density at radius 2 is 1.85 bits per heavy atom. The van der Waals surface area contributed by atoms with Crippen molar-refractivity contribution in [3.05, 3.63) is 34.9 Å². The number of carbonyl (C=O) groups is 1. The average molecular weight is 293 g/mol. The minimum atomic E-state index is -0.379. The molecule has 1 saturated heterocycles. The summed E-state index contributed by atoms with van der Waals surface area (Å²) >= 11 is 5.90. The third kappa shape index (κ3) is 2.57. The van der Waals surface area contributed by atoms with Crippen molar-refractivity contribution in [2.24, 2.45) is 11.1 Å². The van der Waals surface area contributed by atoms with E-state index in [0.29, 0.717) is 6.04 Å². The van der Waals surface area contributed by atoms with Gasteiger partial charge in [0.2, 0.25) is 5.91 Å². The van der Waals surface area contributed by atoms with E-state index in [1.165, 1.54) is 25.7 Å². The number of amides is 1. The Bertz CT molecular complexity index is 488. The molecule has 1 aromatic carbocycles. The highest BCUT2D eigenvalue weighted by atomic mass is 35.5. The van der Waals surface area contributed by atoms with E-state index >= 15 is 0 Å². The average Bonchev–Trinajstić information content (AvgIpc) is 2.88. The van der Waals surface area contributed by atoms with Crippen molar-refractivity contribution >= 4 is 17.5 Å². The van der Waals surface area contributed by atoms with Crippen molar-refractivity contribution in [3.8, 4) is 0 Å². The number of benzene rings is 1. The van der Waals surface area contributed by atoms with Crippen LogP contribution in [0.5, 0.6) is 0 Å². The number of likely N-dealkylation sites (tertiary alicyclic amines) is 1. The second-order valence-electron chi connectivity index (χ2n) is 6.29. The number of nitrogens with two attached hydrogens (primary N) is 1. The molecule has 1 saturated carbocycles. The van der Waals surface area contributed by atoms with Crippen LogP contribution in [-0.2, 0) is 11.2 Å². The third-order valence-corrected chi connectivity index (χ3v) is 5.08. The summed E-state index contributed by atoms with van der Waals surface area (Å²) in [5.74, 6) is -0.165. The summed E-state index contributed by atoms with van der Waals surface area (Å²) < 4.78 is 0. The summed E-state index contributed by atoms with van der Waals surface area (Å²) in [7, 11) is 0. The lowest BCUT2D eigenvalue weighted by Crippen LogP contribution is -2.65. The summed E-state index contributed by atoms with van der Waals surface area (Å²) in [5, 5.41) is 0.725. The van der Waals surface area contributed by atoms with Gasteiger partial charge in [-0.3, -0.25) is 9.69 Å². The molecule has 4 heteroatoms. The minimum absolute atomic E-state index is 0.165. The molecule has 0 unspecified atom stereocenters. The van der Waals surface area contributed by atoms with Crippen molar-refractivity contribution < 1.29 is 4.79 Å². The fraction of sp³-hybridized carbons (Fsp3) is 0.562. The molecule has 2 fully saturated rings. The van der Waals surface area contributed by atoms with Gasteiger partial charge in [0, 0.05) is 24.2 Å². The summed E-state index contributed by atoms with van der Waals surface area (Å²) in [6.45, 7) is 1.63. The molecule has 1 aliphatic carbocycles. The lowest BCUT2D eigenvalue weighted by atomic mass is 9.73. The molecular weight excluding hydrogens is 272 g/mol. The Kier molecular flexibility index (Phi) is 3.74. The fourth-order valence-electron chi connectivity index (χ4n) is 3.61. The smallest absolute Gasteiger partial charge is 0.226 e. The van der Waals surface area contributed by atoms with Crippen LogP contribution in [0.4, 0.5) is 0 Å². The molecule has 3 nitrogen and oxygen atoms in total.